The van der Waals surface area contributed by atoms with Gasteiger partial charge in [-0.3, -0.25) is 13.8 Å². The molecule has 3 atom stereocenters. The van der Waals surface area contributed by atoms with Crippen LogP contribution in [-0.4, -0.2) is 47.8 Å². The predicted molar refractivity (Wildman–Crippen MR) is 207 cm³/mol. The number of rotatable bonds is 35. The molecule has 284 valence electrons. The molecule has 0 heterocycles. The largest absolute Gasteiger partial charge is 0.472 e. The molecule has 0 aliphatic carbocycles. The first-order chi connectivity index (χ1) is 23.9. The lowest BCUT2D eigenvalue weighted by molar-refractivity contribution is -0.123. The van der Waals surface area contributed by atoms with Crippen molar-refractivity contribution in [3.05, 3.63) is 60.8 Å². The number of unbranched alkanes of at least 4 members (excludes halogenated alkanes) is 13. The van der Waals surface area contributed by atoms with Crippen LogP contribution in [0.5, 0.6) is 0 Å². The number of nitrogens with one attached hydrogen (secondary N) is 1. The van der Waals surface area contributed by atoms with E-state index < -0.39 is 20.0 Å². The molecule has 0 saturated heterocycles. The van der Waals surface area contributed by atoms with Gasteiger partial charge < -0.3 is 21.1 Å². The maximum atomic E-state index is 12.7. The van der Waals surface area contributed by atoms with Gasteiger partial charge in [-0.25, -0.2) is 4.57 Å². The SMILES string of the molecule is CC/C=C\C/C=C\C/C=C\C/C=C\C/C=C\CCCCCC(=O)NC(COP(=O)(O)OCCN)C(O)CCCCCCCCCCCCC. The number of carbonyl (C=O) groups excluding carboxylic acids is 1. The van der Waals surface area contributed by atoms with Gasteiger partial charge in [-0.2, -0.15) is 0 Å². The molecule has 8 nitrogen and oxygen atoms in total. The molecule has 0 radical (unpaired) electrons. The number of aliphatic hydroxyl groups is 1. The average Bonchev–Trinajstić information content (AvgIpc) is 3.09. The first-order valence-corrected chi connectivity index (χ1v) is 20.9. The lowest BCUT2D eigenvalue weighted by Gasteiger charge is -2.25. The van der Waals surface area contributed by atoms with E-state index in [0.29, 0.717) is 12.8 Å². The summed E-state index contributed by atoms with van der Waals surface area (Å²) >= 11 is 0. The van der Waals surface area contributed by atoms with Crippen LogP contribution in [-0.2, 0) is 18.4 Å². The van der Waals surface area contributed by atoms with E-state index in [1.165, 1.54) is 51.4 Å². The van der Waals surface area contributed by atoms with Gasteiger partial charge in [-0.05, 0) is 57.8 Å². The first kappa shape index (κ1) is 47.2. The summed E-state index contributed by atoms with van der Waals surface area (Å²) in [5.74, 6) is -0.197. The number of hydrogen-bond donors (Lipinski definition) is 4. The van der Waals surface area contributed by atoms with E-state index in [-0.39, 0.29) is 25.7 Å². The van der Waals surface area contributed by atoms with E-state index in [2.05, 4.69) is 79.9 Å². The van der Waals surface area contributed by atoms with E-state index >= 15 is 0 Å². The van der Waals surface area contributed by atoms with Crippen molar-refractivity contribution in [2.24, 2.45) is 5.73 Å². The molecule has 0 rings (SSSR count). The van der Waals surface area contributed by atoms with Gasteiger partial charge in [0.15, 0.2) is 0 Å². The molecule has 0 spiro atoms. The molecule has 5 N–H and O–H groups in total. The van der Waals surface area contributed by atoms with Crippen LogP contribution in [0.3, 0.4) is 0 Å². The van der Waals surface area contributed by atoms with E-state index in [1.807, 2.05) is 0 Å². The molecule has 1 amide bonds. The van der Waals surface area contributed by atoms with Crippen molar-refractivity contribution in [1.29, 1.82) is 0 Å². The molecule has 0 bridgehead atoms. The van der Waals surface area contributed by atoms with Crippen LogP contribution < -0.4 is 11.1 Å². The van der Waals surface area contributed by atoms with E-state index in [9.17, 15) is 19.4 Å². The van der Waals surface area contributed by atoms with Gasteiger partial charge in [0, 0.05) is 13.0 Å². The van der Waals surface area contributed by atoms with Crippen molar-refractivity contribution in [1.82, 2.24) is 5.32 Å². The Morgan fingerprint density at radius 3 is 1.71 bits per heavy atom. The van der Waals surface area contributed by atoms with Crippen LogP contribution in [0.2, 0.25) is 0 Å². The second kappa shape index (κ2) is 36.0. The molecule has 3 unspecified atom stereocenters. The fraction of sp³-hybridized carbons (Fsp3) is 0.725. The minimum absolute atomic E-state index is 0.0800. The third kappa shape index (κ3) is 34.4. The quantitative estimate of drug-likeness (QED) is 0.0293. The predicted octanol–water partition coefficient (Wildman–Crippen LogP) is 10.3. The van der Waals surface area contributed by atoms with Crippen molar-refractivity contribution in [2.75, 3.05) is 19.8 Å². The minimum atomic E-state index is -4.32. The number of hydrogen-bond acceptors (Lipinski definition) is 6. The number of aliphatic hydroxyl groups excluding tert-OH is 1. The summed E-state index contributed by atoms with van der Waals surface area (Å²) < 4.78 is 22.1. The van der Waals surface area contributed by atoms with Crippen molar-refractivity contribution in [3.8, 4) is 0 Å². The summed E-state index contributed by atoms with van der Waals surface area (Å²) in [7, 11) is -4.32. The molecule has 0 aromatic rings. The number of allylic oxidation sites excluding steroid dienone is 10. The van der Waals surface area contributed by atoms with Gasteiger partial charge >= 0.3 is 7.82 Å². The summed E-state index contributed by atoms with van der Waals surface area (Å²) in [6.45, 7) is 4.03. The number of phosphoric acid groups is 1. The second-order valence-corrected chi connectivity index (χ2v) is 14.2. The summed E-state index contributed by atoms with van der Waals surface area (Å²) in [5, 5.41) is 13.7. The van der Waals surface area contributed by atoms with Gasteiger partial charge in [-0.15, -0.1) is 0 Å². The maximum Gasteiger partial charge on any atom is 0.472 e. The van der Waals surface area contributed by atoms with Gasteiger partial charge in [0.2, 0.25) is 5.91 Å². The Morgan fingerprint density at radius 1 is 0.694 bits per heavy atom. The molecule has 49 heavy (non-hydrogen) atoms. The van der Waals surface area contributed by atoms with Crippen LogP contribution in [0.25, 0.3) is 0 Å². The topological polar surface area (TPSA) is 131 Å². The molecular formula is C40H73N2O6P. The standard InChI is InChI=1S/C40H73N2O6P/c1-3-5-7-9-11-13-15-16-17-18-19-20-21-22-24-26-28-30-32-34-40(44)42-38(37-48-49(45,46)47-36-35-41)39(43)33-31-29-27-25-23-14-12-10-8-6-4-2/h5,7,11,13,16-17,19-20,22,24,38-39,43H,3-4,6,8-10,12,14-15,18,21,23,25-37,41H2,1-2H3,(H,42,44)(H,45,46)/b7-5-,13-11-,17-16-,20-19-,24-22-. The van der Waals surface area contributed by atoms with Crippen LogP contribution in [0.4, 0.5) is 0 Å². The van der Waals surface area contributed by atoms with Crippen molar-refractivity contribution < 1.29 is 28.4 Å². The average molecular weight is 709 g/mol. The third-order valence-corrected chi connectivity index (χ3v) is 9.12. The fourth-order valence-electron chi connectivity index (χ4n) is 5.22. The normalized spacial score (nSPS) is 15.0. The fourth-order valence-corrected chi connectivity index (χ4v) is 5.98. The van der Waals surface area contributed by atoms with E-state index in [0.717, 1.165) is 77.0 Å². The molecular weight excluding hydrogens is 635 g/mol. The van der Waals surface area contributed by atoms with Gasteiger partial charge in [0.1, 0.15) is 0 Å². The lowest BCUT2D eigenvalue weighted by atomic mass is 10.0. The summed E-state index contributed by atoms with van der Waals surface area (Å²) in [5.41, 5.74) is 5.36. The van der Waals surface area contributed by atoms with Crippen LogP contribution in [0.1, 0.15) is 155 Å². The number of phosphoric ester groups is 1. The van der Waals surface area contributed by atoms with E-state index in [1.54, 1.807) is 0 Å². The monoisotopic (exact) mass is 709 g/mol. The molecule has 0 saturated carbocycles. The highest BCUT2D eigenvalue weighted by molar-refractivity contribution is 7.47. The van der Waals surface area contributed by atoms with Crippen LogP contribution in [0, 0.1) is 0 Å². The molecule has 0 aliphatic rings. The van der Waals surface area contributed by atoms with Crippen LogP contribution >= 0.6 is 7.82 Å². The summed E-state index contributed by atoms with van der Waals surface area (Å²) in [6, 6.07) is -0.793. The second-order valence-electron chi connectivity index (χ2n) is 12.8. The zero-order valence-electron chi connectivity index (χ0n) is 31.2. The Morgan fingerprint density at radius 2 is 1.18 bits per heavy atom. The zero-order valence-corrected chi connectivity index (χ0v) is 32.1. The minimum Gasteiger partial charge on any atom is -0.391 e. The number of amides is 1. The Bertz CT molecular complexity index is 949. The Hall–Kier alpha value is -1.80. The highest BCUT2D eigenvalue weighted by Crippen LogP contribution is 2.43. The number of nitrogens with two attached hydrogens (primary N) is 1. The molecule has 0 aliphatic heterocycles. The third-order valence-electron chi connectivity index (χ3n) is 8.14. The zero-order chi connectivity index (χ0) is 36.1. The number of carbonyl (C=O) groups is 1. The molecule has 0 fully saturated rings. The van der Waals surface area contributed by atoms with Crippen molar-refractivity contribution >= 4 is 13.7 Å². The Labute approximate surface area is 300 Å². The molecule has 0 aromatic carbocycles. The highest BCUT2D eigenvalue weighted by atomic mass is 31.2. The van der Waals surface area contributed by atoms with Crippen molar-refractivity contribution in [3.63, 3.8) is 0 Å². The summed E-state index contributed by atoms with van der Waals surface area (Å²) in [4.78, 5) is 22.6. The molecule has 9 heteroatoms. The van der Waals surface area contributed by atoms with Crippen molar-refractivity contribution in [2.45, 2.75) is 167 Å². The van der Waals surface area contributed by atoms with Crippen LogP contribution in [0.15, 0.2) is 60.8 Å². The lowest BCUT2D eigenvalue weighted by Crippen LogP contribution is -2.46. The van der Waals surface area contributed by atoms with E-state index in [4.69, 9.17) is 14.8 Å². The highest BCUT2D eigenvalue weighted by Gasteiger charge is 2.27. The van der Waals surface area contributed by atoms with Gasteiger partial charge in [-0.1, -0.05) is 152 Å². The maximum absolute atomic E-state index is 12.7. The van der Waals surface area contributed by atoms with Gasteiger partial charge in [0.05, 0.1) is 25.4 Å². The Balaban J connectivity index is 4.30. The smallest absolute Gasteiger partial charge is 0.391 e. The Kier molecular flexibility index (Phi) is 34.7. The van der Waals surface area contributed by atoms with Gasteiger partial charge in [0.25, 0.3) is 0 Å². The molecule has 0 aromatic heterocycles. The summed E-state index contributed by atoms with van der Waals surface area (Å²) in [6.07, 6.45) is 43.7. The first-order valence-electron chi connectivity index (χ1n) is 19.4.